The summed E-state index contributed by atoms with van der Waals surface area (Å²) in [4.78, 5) is 12.0. The summed E-state index contributed by atoms with van der Waals surface area (Å²) in [6, 6.07) is 7.88. The fraction of sp³-hybridized carbons (Fsp3) is 0.167. The molecule has 0 fully saturated rings. The highest BCUT2D eigenvalue weighted by molar-refractivity contribution is 5.75. The van der Waals surface area contributed by atoms with Gasteiger partial charge in [-0.3, -0.25) is 15.0 Å². The van der Waals surface area contributed by atoms with Crippen LogP contribution in [0.5, 0.6) is 0 Å². The summed E-state index contributed by atoms with van der Waals surface area (Å²) in [5, 5.41) is 0. The maximum atomic E-state index is 4.18. The Hall–Kier alpha value is -2.55. The van der Waals surface area contributed by atoms with E-state index in [1.54, 1.807) is 0 Å². The number of aryl methyl sites for hydroxylation is 1. The molecule has 0 amide bonds. The second-order valence-electron chi connectivity index (χ2n) is 4.44. The molecule has 3 heteroatoms. The molecule has 3 nitrogen and oxygen atoms in total. The van der Waals surface area contributed by atoms with Crippen molar-refractivity contribution < 1.29 is 0 Å². The van der Waals surface area contributed by atoms with Crippen LogP contribution in [0, 0.1) is 6.92 Å². The third-order valence-corrected chi connectivity index (χ3v) is 2.86. The van der Waals surface area contributed by atoms with E-state index in [1.807, 2.05) is 63.5 Å². The molecule has 0 unspecified atom stereocenters. The van der Waals surface area contributed by atoms with Crippen LogP contribution in [0.1, 0.15) is 19.4 Å². The Kier molecular flexibility index (Phi) is 6.75. The molecule has 0 atom stereocenters. The Balaban J connectivity index is 0.000000491. The summed E-state index contributed by atoms with van der Waals surface area (Å²) >= 11 is 0. The highest BCUT2D eigenvalue weighted by Gasteiger charge is 2.03. The third kappa shape index (κ3) is 4.80. The fourth-order valence-electron chi connectivity index (χ4n) is 1.68. The quantitative estimate of drug-likeness (QED) is 0.554. The van der Waals surface area contributed by atoms with Gasteiger partial charge in [-0.1, -0.05) is 18.2 Å². The SMILES string of the molecule is C/C=C/C.C=Nc1ccc(-c2cncc(C)c2)cc1N=C. The van der Waals surface area contributed by atoms with Crippen LogP contribution in [-0.4, -0.2) is 18.4 Å². The van der Waals surface area contributed by atoms with Gasteiger partial charge in [-0.05, 0) is 63.5 Å². The smallest absolute Gasteiger partial charge is 0.0884 e. The molecule has 0 N–H and O–H groups in total. The lowest BCUT2D eigenvalue weighted by Crippen LogP contribution is -1.82. The first kappa shape index (κ1) is 16.5. The van der Waals surface area contributed by atoms with Gasteiger partial charge in [0, 0.05) is 18.0 Å². The standard InChI is InChI=1S/C14H13N3.C4H8/c1-10-6-12(9-17-8-10)11-4-5-13(15-2)14(7-11)16-3;1-3-4-2/h4-9H,2-3H2,1H3;3-4H,1-2H3/b;4-3+. The summed E-state index contributed by atoms with van der Waals surface area (Å²) < 4.78 is 0. The molecule has 21 heavy (non-hydrogen) atoms. The second kappa shape index (κ2) is 8.59. The van der Waals surface area contributed by atoms with Gasteiger partial charge in [-0.2, -0.15) is 0 Å². The molecule has 108 valence electrons. The Bertz CT molecular complexity index is 639. The van der Waals surface area contributed by atoms with E-state index in [4.69, 9.17) is 0 Å². The summed E-state index contributed by atoms with van der Waals surface area (Å²) in [6.07, 6.45) is 7.66. The Morgan fingerprint density at radius 3 is 2.10 bits per heavy atom. The van der Waals surface area contributed by atoms with Gasteiger partial charge >= 0.3 is 0 Å². The average Bonchev–Trinajstić information content (AvgIpc) is 2.54. The van der Waals surface area contributed by atoms with E-state index < -0.39 is 0 Å². The lowest BCUT2D eigenvalue weighted by atomic mass is 10.1. The predicted octanol–water partition coefficient (Wildman–Crippen LogP) is 5.30. The van der Waals surface area contributed by atoms with Gasteiger partial charge in [0.2, 0.25) is 0 Å². The topological polar surface area (TPSA) is 37.6 Å². The van der Waals surface area contributed by atoms with Crippen LogP contribution in [0.4, 0.5) is 11.4 Å². The number of rotatable bonds is 3. The minimum atomic E-state index is 0.735. The van der Waals surface area contributed by atoms with Gasteiger partial charge in [0.1, 0.15) is 0 Å². The van der Waals surface area contributed by atoms with E-state index in [9.17, 15) is 0 Å². The molecule has 2 rings (SSSR count). The summed E-state index contributed by atoms with van der Waals surface area (Å²) in [6.45, 7) is 13.1. The van der Waals surface area contributed by atoms with Crippen molar-refractivity contribution in [2.24, 2.45) is 9.98 Å². The molecule has 0 aliphatic heterocycles. The molecule has 0 aliphatic carbocycles. The normalized spacial score (nSPS) is 9.86. The molecule has 0 spiro atoms. The minimum absolute atomic E-state index is 0.735. The average molecular weight is 279 g/mol. The Morgan fingerprint density at radius 2 is 1.57 bits per heavy atom. The summed E-state index contributed by atoms with van der Waals surface area (Å²) in [7, 11) is 0. The molecule has 1 aromatic carbocycles. The first-order valence-electron chi connectivity index (χ1n) is 6.73. The highest BCUT2D eigenvalue weighted by Crippen LogP contribution is 2.32. The van der Waals surface area contributed by atoms with Crippen molar-refractivity contribution in [3.8, 4) is 11.1 Å². The van der Waals surface area contributed by atoms with Crippen LogP contribution < -0.4 is 0 Å². The van der Waals surface area contributed by atoms with Crippen molar-refractivity contribution in [1.29, 1.82) is 0 Å². The van der Waals surface area contributed by atoms with E-state index in [1.165, 1.54) is 0 Å². The number of aliphatic imine (C=N–C) groups is 2. The predicted molar refractivity (Wildman–Crippen MR) is 93.3 cm³/mol. The van der Waals surface area contributed by atoms with Crippen molar-refractivity contribution in [3.05, 3.63) is 54.4 Å². The molecule has 0 saturated heterocycles. The van der Waals surface area contributed by atoms with Crippen molar-refractivity contribution in [3.63, 3.8) is 0 Å². The zero-order chi connectivity index (χ0) is 15.7. The molecule has 0 radical (unpaired) electrons. The van der Waals surface area contributed by atoms with Crippen LogP contribution in [0.15, 0.2) is 58.8 Å². The van der Waals surface area contributed by atoms with E-state index >= 15 is 0 Å². The fourth-order valence-corrected chi connectivity index (χ4v) is 1.68. The number of aromatic nitrogens is 1. The molecule has 0 bridgehead atoms. The largest absolute Gasteiger partial charge is 0.264 e. The Labute approximate surface area is 126 Å². The summed E-state index contributed by atoms with van der Waals surface area (Å²) in [5.41, 5.74) is 4.71. The Morgan fingerprint density at radius 1 is 0.905 bits per heavy atom. The number of benzene rings is 1. The third-order valence-electron chi connectivity index (χ3n) is 2.86. The van der Waals surface area contributed by atoms with Gasteiger partial charge < -0.3 is 0 Å². The van der Waals surface area contributed by atoms with Crippen LogP contribution in [-0.2, 0) is 0 Å². The van der Waals surface area contributed by atoms with Crippen LogP contribution in [0.25, 0.3) is 11.1 Å². The second-order valence-corrected chi connectivity index (χ2v) is 4.44. The van der Waals surface area contributed by atoms with E-state index in [0.717, 1.165) is 28.1 Å². The maximum Gasteiger partial charge on any atom is 0.0884 e. The monoisotopic (exact) mass is 279 g/mol. The van der Waals surface area contributed by atoms with Crippen molar-refractivity contribution in [1.82, 2.24) is 4.98 Å². The first-order valence-corrected chi connectivity index (χ1v) is 6.73. The first-order chi connectivity index (χ1) is 10.2. The van der Waals surface area contributed by atoms with Gasteiger partial charge in [0.25, 0.3) is 0 Å². The van der Waals surface area contributed by atoms with Gasteiger partial charge in [-0.15, -0.1) is 0 Å². The maximum absolute atomic E-state index is 4.18. The van der Waals surface area contributed by atoms with E-state index in [0.29, 0.717) is 0 Å². The number of pyridine rings is 1. The lowest BCUT2D eigenvalue weighted by Gasteiger charge is -2.05. The number of nitrogens with zero attached hydrogens (tertiary/aromatic N) is 3. The van der Waals surface area contributed by atoms with Gasteiger partial charge in [-0.25, -0.2) is 0 Å². The molecular formula is C18H21N3. The van der Waals surface area contributed by atoms with Crippen molar-refractivity contribution in [2.75, 3.05) is 0 Å². The van der Waals surface area contributed by atoms with E-state index in [2.05, 4.69) is 34.5 Å². The van der Waals surface area contributed by atoms with E-state index in [-0.39, 0.29) is 0 Å². The molecule has 2 aromatic rings. The zero-order valence-electron chi connectivity index (χ0n) is 12.9. The number of hydrogen-bond donors (Lipinski definition) is 0. The number of allylic oxidation sites excluding steroid dienone is 2. The van der Waals surface area contributed by atoms with Crippen LogP contribution in [0.3, 0.4) is 0 Å². The lowest BCUT2D eigenvalue weighted by molar-refractivity contribution is 1.27. The van der Waals surface area contributed by atoms with Crippen molar-refractivity contribution >= 4 is 24.8 Å². The molecule has 0 aliphatic rings. The highest BCUT2D eigenvalue weighted by atomic mass is 14.8. The molecule has 1 heterocycles. The van der Waals surface area contributed by atoms with Crippen LogP contribution >= 0.6 is 0 Å². The van der Waals surface area contributed by atoms with Crippen molar-refractivity contribution in [2.45, 2.75) is 20.8 Å². The minimum Gasteiger partial charge on any atom is -0.264 e. The molecule has 0 saturated carbocycles. The zero-order valence-corrected chi connectivity index (χ0v) is 12.9. The van der Waals surface area contributed by atoms with Crippen LogP contribution in [0.2, 0.25) is 0 Å². The molecule has 1 aromatic heterocycles. The van der Waals surface area contributed by atoms with Gasteiger partial charge in [0.05, 0.1) is 11.4 Å². The van der Waals surface area contributed by atoms with Gasteiger partial charge in [0.15, 0.2) is 0 Å². The summed E-state index contributed by atoms with van der Waals surface area (Å²) in [5.74, 6) is 0. The number of hydrogen-bond acceptors (Lipinski definition) is 3. The molecular weight excluding hydrogens is 258 g/mol.